The first kappa shape index (κ1) is 16.8. The molecule has 2 heterocycles. The second-order valence-electron chi connectivity index (χ2n) is 5.25. The highest BCUT2D eigenvalue weighted by Gasteiger charge is 2.25. The zero-order valence-electron chi connectivity index (χ0n) is 13.2. The van der Waals surface area contributed by atoms with Gasteiger partial charge in [0.25, 0.3) is 0 Å². The number of amides is 1. The Hall–Kier alpha value is -1.54. The predicted molar refractivity (Wildman–Crippen MR) is 85.1 cm³/mol. The van der Waals surface area contributed by atoms with Gasteiger partial charge in [-0.3, -0.25) is 9.00 Å². The van der Waals surface area contributed by atoms with Gasteiger partial charge in [0.05, 0.1) is 18.8 Å². The van der Waals surface area contributed by atoms with E-state index in [9.17, 15) is 9.00 Å². The molecule has 0 aromatic carbocycles. The summed E-state index contributed by atoms with van der Waals surface area (Å²) in [5, 5.41) is 3.15. The van der Waals surface area contributed by atoms with E-state index >= 15 is 0 Å². The summed E-state index contributed by atoms with van der Waals surface area (Å²) in [5.41, 5.74) is 0.763. The van der Waals surface area contributed by atoms with E-state index in [1.165, 1.54) is 0 Å². The number of rotatable bonds is 5. The fraction of sp³-hybridized carbons (Fsp3) is 0.643. The minimum Gasteiger partial charge on any atom is -0.369 e. The van der Waals surface area contributed by atoms with Crippen LogP contribution in [0.5, 0.6) is 0 Å². The van der Waals surface area contributed by atoms with Gasteiger partial charge in [-0.05, 0) is 6.92 Å². The van der Waals surface area contributed by atoms with Gasteiger partial charge in [0, 0.05) is 48.9 Å². The Bertz CT molecular complexity index is 567. The summed E-state index contributed by atoms with van der Waals surface area (Å²) in [6.45, 7) is 5.59. The molecule has 0 aliphatic carbocycles. The van der Waals surface area contributed by atoms with Crippen molar-refractivity contribution in [1.82, 2.24) is 14.9 Å². The van der Waals surface area contributed by atoms with Crippen molar-refractivity contribution in [3.63, 3.8) is 0 Å². The van der Waals surface area contributed by atoms with E-state index < -0.39 is 10.8 Å². The highest BCUT2D eigenvalue weighted by atomic mass is 32.2. The molecule has 2 rings (SSSR count). The largest absolute Gasteiger partial charge is 0.369 e. The average molecular weight is 326 g/mol. The smallest absolute Gasteiger partial charge is 0.219 e. The monoisotopic (exact) mass is 326 g/mol. The Morgan fingerprint density at radius 3 is 3.00 bits per heavy atom. The summed E-state index contributed by atoms with van der Waals surface area (Å²) in [4.78, 5) is 22.0. The van der Waals surface area contributed by atoms with Crippen molar-refractivity contribution in [2.24, 2.45) is 0 Å². The maximum atomic E-state index is 11.5. The molecular weight excluding hydrogens is 304 g/mol. The van der Waals surface area contributed by atoms with E-state index in [0.717, 1.165) is 5.69 Å². The van der Waals surface area contributed by atoms with Crippen molar-refractivity contribution >= 4 is 22.5 Å². The first-order chi connectivity index (χ1) is 10.5. The number of carbonyl (C=O) groups excluding carboxylic acids is 1. The third-order valence-electron chi connectivity index (χ3n) is 3.40. The van der Waals surface area contributed by atoms with Crippen LogP contribution in [0.4, 0.5) is 5.82 Å². The second kappa shape index (κ2) is 7.64. The summed E-state index contributed by atoms with van der Waals surface area (Å²) in [6.07, 6.45) is 1.44. The molecule has 1 N–H and O–H groups in total. The van der Waals surface area contributed by atoms with Crippen molar-refractivity contribution in [3.8, 4) is 0 Å². The number of carbonyl (C=O) groups is 1. The van der Waals surface area contributed by atoms with E-state index in [1.807, 2.05) is 13.0 Å². The number of aryl methyl sites for hydroxylation is 1. The Morgan fingerprint density at radius 1 is 1.55 bits per heavy atom. The van der Waals surface area contributed by atoms with Crippen LogP contribution in [0.25, 0.3) is 0 Å². The molecule has 1 aromatic rings. The number of anilines is 1. The van der Waals surface area contributed by atoms with Crippen LogP contribution < -0.4 is 5.32 Å². The lowest BCUT2D eigenvalue weighted by Crippen LogP contribution is -2.41. The predicted octanol–water partition coefficient (Wildman–Crippen LogP) is 0.495. The molecule has 0 saturated carbocycles. The van der Waals surface area contributed by atoms with Crippen LogP contribution in [0.2, 0.25) is 0 Å². The number of nitrogens with one attached hydrogen (secondary N) is 1. The Morgan fingerprint density at radius 2 is 2.32 bits per heavy atom. The van der Waals surface area contributed by atoms with Crippen LogP contribution in [-0.4, -0.2) is 63.2 Å². The van der Waals surface area contributed by atoms with E-state index in [1.54, 1.807) is 18.1 Å². The van der Waals surface area contributed by atoms with Crippen LogP contribution >= 0.6 is 0 Å². The van der Waals surface area contributed by atoms with Gasteiger partial charge in [-0.1, -0.05) is 0 Å². The molecule has 22 heavy (non-hydrogen) atoms. The van der Waals surface area contributed by atoms with E-state index in [4.69, 9.17) is 4.74 Å². The van der Waals surface area contributed by atoms with Crippen molar-refractivity contribution < 1.29 is 13.7 Å². The first-order valence-corrected chi connectivity index (χ1v) is 8.95. The number of morpholine rings is 1. The quantitative estimate of drug-likeness (QED) is 0.848. The number of hydrogen-bond donors (Lipinski definition) is 1. The Labute approximate surface area is 132 Å². The third kappa shape index (κ3) is 4.74. The van der Waals surface area contributed by atoms with Gasteiger partial charge >= 0.3 is 0 Å². The molecule has 2 unspecified atom stereocenters. The molecule has 122 valence electrons. The zero-order valence-corrected chi connectivity index (χ0v) is 14.0. The lowest BCUT2D eigenvalue weighted by atomic mass is 10.2. The summed E-state index contributed by atoms with van der Waals surface area (Å²) >= 11 is 0. The van der Waals surface area contributed by atoms with Crippen LogP contribution in [0.15, 0.2) is 6.07 Å². The molecule has 7 nitrogen and oxygen atoms in total. The van der Waals surface area contributed by atoms with Gasteiger partial charge in [0.15, 0.2) is 0 Å². The average Bonchev–Trinajstić information content (AvgIpc) is 2.46. The van der Waals surface area contributed by atoms with Gasteiger partial charge in [-0.25, -0.2) is 9.97 Å². The van der Waals surface area contributed by atoms with Gasteiger partial charge in [0.2, 0.25) is 5.91 Å². The Balaban J connectivity index is 2.08. The molecular formula is C14H22N4O3S. The number of aromatic nitrogens is 2. The van der Waals surface area contributed by atoms with Gasteiger partial charge in [-0.2, -0.15) is 0 Å². The molecule has 2 atom stereocenters. The minimum absolute atomic E-state index is 0.0443. The lowest BCUT2D eigenvalue weighted by Gasteiger charge is -2.32. The molecule has 0 spiro atoms. The summed E-state index contributed by atoms with van der Waals surface area (Å²) in [6, 6.07) is 1.83. The minimum atomic E-state index is -0.839. The zero-order chi connectivity index (χ0) is 16.1. The van der Waals surface area contributed by atoms with Gasteiger partial charge < -0.3 is 15.0 Å². The van der Waals surface area contributed by atoms with Crippen LogP contribution in [0, 0.1) is 6.92 Å². The Kier molecular flexibility index (Phi) is 5.84. The van der Waals surface area contributed by atoms with Crippen LogP contribution in [0.1, 0.15) is 24.5 Å². The number of ether oxygens (including phenoxy) is 1. The highest BCUT2D eigenvalue weighted by Crippen LogP contribution is 2.22. The van der Waals surface area contributed by atoms with E-state index in [2.05, 4.69) is 15.3 Å². The van der Waals surface area contributed by atoms with E-state index in [-0.39, 0.29) is 12.0 Å². The van der Waals surface area contributed by atoms with Gasteiger partial charge in [0.1, 0.15) is 17.7 Å². The SMILES string of the molecule is CC(=O)N1CCOC(c2cc(NCCS(C)=O)nc(C)n2)C1. The highest BCUT2D eigenvalue weighted by molar-refractivity contribution is 7.84. The van der Waals surface area contributed by atoms with Gasteiger partial charge in [-0.15, -0.1) is 0 Å². The molecule has 1 aromatic heterocycles. The fourth-order valence-electron chi connectivity index (χ4n) is 2.28. The molecule has 0 radical (unpaired) electrons. The van der Waals surface area contributed by atoms with E-state index in [0.29, 0.717) is 43.6 Å². The van der Waals surface area contributed by atoms with Crippen molar-refractivity contribution in [1.29, 1.82) is 0 Å². The topological polar surface area (TPSA) is 84.4 Å². The summed E-state index contributed by atoms with van der Waals surface area (Å²) in [7, 11) is -0.839. The molecule has 8 heteroatoms. The molecule has 1 amide bonds. The normalized spacial score (nSPS) is 19.8. The van der Waals surface area contributed by atoms with Crippen molar-refractivity contribution in [2.45, 2.75) is 20.0 Å². The van der Waals surface area contributed by atoms with Crippen LogP contribution in [0.3, 0.4) is 0 Å². The maximum absolute atomic E-state index is 11.5. The third-order valence-corrected chi connectivity index (χ3v) is 4.17. The second-order valence-corrected chi connectivity index (χ2v) is 6.81. The lowest BCUT2D eigenvalue weighted by molar-refractivity contribution is -0.136. The first-order valence-electron chi connectivity index (χ1n) is 7.22. The number of nitrogens with zero attached hydrogens (tertiary/aromatic N) is 3. The van der Waals surface area contributed by atoms with Crippen molar-refractivity contribution in [2.75, 3.05) is 43.6 Å². The fourth-order valence-corrected chi connectivity index (χ4v) is 2.67. The molecule has 0 bridgehead atoms. The summed E-state index contributed by atoms with van der Waals surface area (Å²) < 4.78 is 16.8. The van der Waals surface area contributed by atoms with Crippen molar-refractivity contribution in [3.05, 3.63) is 17.6 Å². The summed E-state index contributed by atoms with van der Waals surface area (Å²) in [5.74, 6) is 1.94. The standard InChI is InChI=1S/C14H22N4O3S/c1-10-16-12(8-14(17-10)15-4-7-22(3)20)13-9-18(11(2)19)5-6-21-13/h8,13H,4-7,9H2,1-3H3,(H,15,16,17). The molecule has 1 fully saturated rings. The van der Waals surface area contributed by atoms with Crippen LogP contribution in [-0.2, 0) is 20.3 Å². The molecule has 1 saturated heterocycles. The maximum Gasteiger partial charge on any atom is 0.219 e. The molecule has 1 aliphatic heterocycles. The number of hydrogen-bond acceptors (Lipinski definition) is 6. The molecule has 1 aliphatic rings.